The van der Waals surface area contributed by atoms with Crippen LogP contribution in [-0.4, -0.2) is 67.1 Å². The predicted octanol–water partition coefficient (Wildman–Crippen LogP) is 4.49. The van der Waals surface area contributed by atoms with Crippen LogP contribution in [-0.2, 0) is 0 Å². The van der Waals surface area contributed by atoms with Gasteiger partial charge in [-0.25, -0.2) is 0 Å². The van der Waals surface area contributed by atoms with Gasteiger partial charge < -0.3 is 4.90 Å². The third-order valence-electron chi connectivity index (χ3n) is 3.51. The van der Waals surface area contributed by atoms with Crippen molar-refractivity contribution in [3.05, 3.63) is 12.7 Å². The van der Waals surface area contributed by atoms with E-state index in [4.69, 9.17) is 12.2 Å². The van der Waals surface area contributed by atoms with E-state index >= 15 is 0 Å². The summed E-state index contributed by atoms with van der Waals surface area (Å²) in [6.45, 7) is 15.4. The quantitative estimate of drug-likeness (QED) is 0.450. The predicted molar refractivity (Wildman–Crippen MR) is 110 cm³/mol. The van der Waals surface area contributed by atoms with Crippen LogP contribution in [0, 0.1) is 5.92 Å². The minimum Gasteiger partial charge on any atom is -0.309 e. The Morgan fingerprint density at radius 3 is 2.04 bits per heavy atom. The molecule has 0 aromatic carbocycles. The van der Waals surface area contributed by atoms with Crippen LogP contribution in [0.15, 0.2) is 12.7 Å². The maximum atomic E-state index is 4.98. The molecule has 1 fully saturated rings. The van der Waals surface area contributed by atoms with E-state index in [1.165, 1.54) is 19.4 Å². The molecule has 0 spiro atoms. The first-order chi connectivity index (χ1) is 10.9. The lowest BCUT2D eigenvalue weighted by Crippen LogP contribution is -2.57. The second kappa shape index (κ2) is 16.6. The summed E-state index contributed by atoms with van der Waals surface area (Å²) in [5, 5.41) is 1.89. The normalized spacial score (nSPS) is 15.9. The Kier molecular flexibility index (Phi) is 18.0. The van der Waals surface area contributed by atoms with Crippen molar-refractivity contribution in [3.8, 4) is 0 Å². The third kappa shape index (κ3) is 15.0. The molecule has 1 unspecified atom stereocenters. The van der Waals surface area contributed by atoms with Gasteiger partial charge in [-0.05, 0) is 64.7 Å². The average Bonchev–Trinajstić information content (AvgIpc) is 2.45. The van der Waals surface area contributed by atoms with Crippen LogP contribution >= 0.6 is 12.2 Å². The van der Waals surface area contributed by atoms with E-state index in [-0.39, 0.29) is 0 Å². The van der Waals surface area contributed by atoms with Crippen molar-refractivity contribution in [2.45, 2.75) is 59.4 Å². The summed E-state index contributed by atoms with van der Waals surface area (Å²) in [6, 6.07) is 0.665. The molecular weight excluding hydrogens is 302 g/mol. The standard InChI is InChI=1S/C11H23N3S.C6H12.C2H6/c1-12(2)7-4-5-11(6-8-15)14-9-13(3)10-14;1-4-5-6(2)3;1-2/h8,11H,4-7,9-10H2,1-3H3;4,6H,1,5H2,2-3H3;1-2H3. The van der Waals surface area contributed by atoms with Crippen molar-refractivity contribution in [3.63, 3.8) is 0 Å². The highest BCUT2D eigenvalue weighted by Gasteiger charge is 2.26. The molecule has 1 rings (SSSR count). The second-order valence-corrected chi connectivity index (χ2v) is 6.98. The summed E-state index contributed by atoms with van der Waals surface area (Å²) in [4.78, 5) is 7.08. The molecule has 1 aliphatic rings. The van der Waals surface area contributed by atoms with E-state index in [1.807, 2.05) is 25.3 Å². The fourth-order valence-electron chi connectivity index (χ4n) is 2.35. The average molecular weight is 344 g/mol. The van der Waals surface area contributed by atoms with E-state index in [0.717, 1.165) is 32.1 Å². The lowest BCUT2D eigenvalue weighted by molar-refractivity contribution is -0.0427. The van der Waals surface area contributed by atoms with Crippen molar-refractivity contribution >= 4 is 17.6 Å². The van der Waals surface area contributed by atoms with Gasteiger partial charge in [0.2, 0.25) is 0 Å². The molecule has 0 aromatic rings. The lowest BCUT2D eigenvalue weighted by atomic mass is 10.1. The van der Waals surface area contributed by atoms with Crippen LogP contribution < -0.4 is 0 Å². The molecule has 138 valence electrons. The van der Waals surface area contributed by atoms with Crippen LogP contribution in [0.4, 0.5) is 0 Å². The highest BCUT2D eigenvalue weighted by molar-refractivity contribution is 7.78. The van der Waals surface area contributed by atoms with Crippen molar-refractivity contribution in [2.24, 2.45) is 5.92 Å². The lowest BCUT2D eigenvalue weighted by Gasteiger charge is -2.45. The minimum absolute atomic E-state index is 0.665. The van der Waals surface area contributed by atoms with Gasteiger partial charge in [-0.1, -0.05) is 46.0 Å². The molecular formula is C19H41N3S. The van der Waals surface area contributed by atoms with Gasteiger partial charge in [0.05, 0.1) is 13.3 Å². The Labute approximate surface area is 151 Å². The Hall–Kier alpha value is -0.290. The Bertz CT molecular complexity index is 274. The van der Waals surface area contributed by atoms with E-state index in [9.17, 15) is 0 Å². The number of hydrogen-bond donors (Lipinski definition) is 0. The zero-order valence-electron chi connectivity index (χ0n) is 16.7. The topological polar surface area (TPSA) is 9.72 Å². The minimum atomic E-state index is 0.665. The summed E-state index contributed by atoms with van der Waals surface area (Å²) in [5.74, 6) is 0.780. The molecule has 0 radical (unpaired) electrons. The van der Waals surface area contributed by atoms with E-state index < -0.39 is 0 Å². The first-order valence-corrected chi connectivity index (χ1v) is 9.49. The van der Waals surface area contributed by atoms with Gasteiger partial charge in [0.25, 0.3) is 0 Å². The van der Waals surface area contributed by atoms with Gasteiger partial charge >= 0.3 is 0 Å². The number of allylic oxidation sites excluding steroid dienone is 1. The fraction of sp³-hybridized carbons (Fsp3) is 0.842. The van der Waals surface area contributed by atoms with Gasteiger partial charge in [0.1, 0.15) is 0 Å². The fourth-order valence-corrected chi connectivity index (χ4v) is 2.57. The van der Waals surface area contributed by atoms with E-state index in [1.54, 1.807) is 0 Å². The molecule has 1 heterocycles. The summed E-state index contributed by atoms with van der Waals surface area (Å²) in [5.41, 5.74) is 0. The zero-order valence-corrected chi connectivity index (χ0v) is 17.5. The Morgan fingerprint density at radius 1 is 1.17 bits per heavy atom. The maximum absolute atomic E-state index is 4.98. The van der Waals surface area contributed by atoms with E-state index in [2.05, 4.69) is 56.3 Å². The number of rotatable bonds is 9. The molecule has 0 saturated carbocycles. The molecule has 1 saturated heterocycles. The van der Waals surface area contributed by atoms with Gasteiger partial charge in [-0.3, -0.25) is 9.80 Å². The highest BCUT2D eigenvalue weighted by Crippen LogP contribution is 2.17. The monoisotopic (exact) mass is 343 g/mol. The van der Waals surface area contributed by atoms with Crippen LogP contribution in [0.5, 0.6) is 0 Å². The van der Waals surface area contributed by atoms with Gasteiger partial charge in [-0.15, -0.1) is 6.58 Å². The van der Waals surface area contributed by atoms with Crippen LogP contribution in [0.3, 0.4) is 0 Å². The SMILES string of the molecule is C=CCC(C)C.CC.CN(C)CCCC(CC=S)N1CN(C)C1. The number of nitrogens with zero attached hydrogens (tertiary/aromatic N) is 3. The van der Waals surface area contributed by atoms with Crippen LogP contribution in [0.25, 0.3) is 0 Å². The molecule has 4 heteroatoms. The first kappa shape index (κ1) is 25.0. The smallest absolute Gasteiger partial charge is 0.0530 e. The number of hydrogen-bond acceptors (Lipinski definition) is 4. The highest BCUT2D eigenvalue weighted by atomic mass is 32.1. The van der Waals surface area contributed by atoms with Crippen molar-refractivity contribution in [2.75, 3.05) is 41.0 Å². The molecule has 1 atom stereocenters. The second-order valence-electron chi connectivity index (χ2n) is 6.65. The summed E-state index contributed by atoms with van der Waals surface area (Å²) in [6.07, 6.45) is 6.67. The van der Waals surface area contributed by atoms with Crippen molar-refractivity contribution in [1.29, 1.82) is 0 Å². The molecule has 0 aliphatic carbocycles. The van der Waals surface area contributed by atoms with Gasteiger partial charge in [0, 0.05) is 6.04 Å². The number of thiocarbonyl (C=S) groups is 1. The first-order valence-electron chi connectivity index (χ1n) is 9.02. The van der Waals surface area contributed by atoms with E-state index in [0.29, 0.717) is 6.04 Å². The van der Waals surface area contributed by atoms with Gasteiger partial charge in [0.15, 0.2) is 0 Å². The molecule has 0 N–H and O–H groups in total. The van der Waals surface area contributed by atoms with Crippen LogP contribution in [0.1, 0.15) is 53.4 Å². The van der Waals surface area contributed by atoms with Crippen LogP contribution in [0.2, 0.25) is 0 Å². The molecule has 1 aliphatic heterocycles. The molecule has 0 amide bonds. The third-order valence-corrected chi connectivity index (χ3v) is 3.70. The molecule has 0 aromatic heterocycles. The van der Waals surface area contributed by atoms with Gasteiger partial charge in [-0.2, -0.15) is 0 Å². The van der Waals surface area contributed by atoms with Crippen molar-refractivity contribution in [1.82, 2.24) is 14.7 Å². The zero-order chi connectivity index (χ0) is 18.3. The largest absolute Gasteiger partial charge is 0.309 e. The Balaban J connectivity index is 0. The summed E-state index contributed by atoms with van der Waals surface area (Å²) < 4.78 is 0. The molecule has 3 nitrogen and oxygen atoms in total. The van der Waals surface area contributed by atoms with Crippen molar-refractivity contribution < 1.29 is 0 Å². The summed E-state index contributed by atoms with van der Waals surface area (Å²) in [7, 11) is 6.42. The molecule has 0 bridgehead atoms. The summed E-state index contributed by atoms with van der Waals surface area (Å²) >= 11 is 4.98. The maximum Gasteiger partial charge on any atom is 0.0530 e. The Morgan fingerprint density at radius 2 is 1.74 bits per heavy atom. The molecule has 23 heavy (non-hydrogen) atoms.